The number of ether oxygens (including phenoxy) is 1. The number of fused-ring (bicyclic) bond motifs is 1. The van der Waals surface area contributed by atoms with Gasteiger partial charge < -0.3 is 4.74 Å². The van der Waals surface area contributed by atoms with E-state index in [2.05, 4.69) is 9.97 Å². The third-order valence-electron chi connectivity index (χ3n) is 2.50. The third-order valence-corrected chi connectivity index (χ3v) is 2.68. The molecule has 0 spiro atoms. The van der Waals surface area contributed by atoms with Crippen LogP contribution in [0.5, 0.6) is 0 Å². The zero-order valence-electron chi connectivity index (χ0n) is 10.9. The van der Waals surface area contributed by atoms with Crippen LogP contribution in [-0.2, 0) is 11.2 Å². The summed E-state index contributed by atoms with van der Waals surface area (Å²) in [5.74, 6) is -0.500. The second-order valence-electron chi connectivity index (χ2n) is 5.20. The minimum absolute atomic E-state index is 0.0156. The fourth-order valence-corrected chi connectivity index (χ4v) is 1.84. The quantitative estimate of drug-likeness (QED) is 0.682. The molecule has 0 saturated heterocycles. The molecule has 1 aromatic heterocycles. The smallest absolute Gasteiger partial charge is 0.417 e. The number of carbonyl (C=O) groups excluding carboxylic acids is 2. The van der Waals surface area contributed by atoms with Gasteiger partial charge in [-0.1, -0.05) is 0 Å². The van der Waals surface area contributed by atoms with E-state index >= 15 is 0 Å². The Labute approximate surface area is 115 Å². The van der Waals surface area contributed by atoms with Crippen molar-refractivity contribution in [3.8, 4) is 0 Å². The summed E-state index contributed by atoms with van der Waals surface area (Å²) in [5, 5.41) is -0.0156. The fourth-order valence-electron chi connectivity index (χ4n) is 1.71. The van der Waals surface area contributed by atoms with E-state index < -0.39 is 17.6 Å². The van der Waals surface area contributed by atoms with E-state index in [0.717, 1.165) is 4.90 Å². The number of halogens is 1. The Morgan fingerprint density at radius 1 is 1.47 bits per heavy atom. The standard InChI is InChI=1S/C12H14ClN3O3/c1-12(2,3)19-11(18)16-5-4-7-6-14-10(13)15-8(7)9(16)17/h6H,4-5H2,1-3H3. The minimum atomic E-state index is -0.669. The lowest BCUT2D eigenvalue weighted by atomic mass is 10.1. The van der Waals surface area contributed by atoms with Gasteiger partial charge in [0.2, 0.25) is 5.28 Å². The number of carbonyl (C=O) groups is 2. The van der Waals surface area contributed by atoms with Crippen molar-refractivity contribution in [1.82, 2.24) is 14.9 Å². The van der Waals surface area contributed by atoms with Gasteiger partial charge in [-0.15, -0.1) is 0 Å². The first-order valence-electron chi connectivity index (χ1n) is 5.84. The summed E-state index contributed by atoms with van der Waals surface area (Å²) in [5.41, 5.74) is 0.201. The Bertz CT molecular complexity index is 540. The zero-order chi connectivity index (χ0) is 14.2. The molecule has 7 heteroatoms. The van der Waals surface area contributed by atoms with E-state index in [4.69, 9.17) is 16.3 Å². The topological polar surface area (TPSA) is 72.4 Å². The molecule has 2 heterocycles. The number of rotatable bonds is 0. The normalized spacial score (nSPS) is 15.2. The zero-order valence-corrected chi connectivity index (χ0v) is 11.7. The van der Waals surface area contributed by atoms with Gasteiger partial charge in [-0.25, -0.2) is 19.7 Å². The van der Waals surface area contributed by atoms with Gasteiger partial charge in [0.05, 0.1) is 0 Å². The van der Waals surface area contributed by atoms with E-state index in [9.17, 15) is 9.59 Å². The van der Waals surface area contributed by atoms with Crippen molar-refractivity contribution in [3.05, 3.63) is 22.7 Å². The monoisotopic (exact) mass is 283 g/mol. The summed E-state index contributed by atoms with van der Waals surface area (Å²) in [7, 11) is 0. The van der Waals surface area contributed by atoms with Gasteiger partial charge in [-0.2, -0.15) is 0 Å². The molecule has 1 aliphatic heterocycles. The Balaban J connectivity index is 2.24. The first-order valence-corrected chi connectivity index (χ1v) is 6.22. The molecule has 0 bridgehead atoms. The van der Waals surface area contributed by atoms with Crippen molar-refractivity contribution in [1.29, 1.82) is 0 Å². The lowest BCUT2D eigenvalue weighted by Crippen LogP contribution is -2.45. The number of amides is 2. The molecule has 19 heavy (non-hydrogen) atoms. The molecule has 0 unspecified atom stereocenters. The fraction of sp³-hybridized carbons (Fsp3) is 0.500. The maximum Gasteiger partial charge on any atom is 0.417 e. The maximum atomic E-state index is 12.2. The Morgan fingerprint density at radius 3 is 2.79 bits per heavy atom. The minimum Gasteiger partial charge on any atom is -0.443 e. The number of hydrogen-bond acceptors (Lipinski definition) is 5. The summed E-state index contributed by atoms with van der Waals surface area (Å²) in [6.45, 7) is 5.48. The van der Waals surface area contributed by atoms with Crippen LogP contribution in [0, 0.1) is 0 Å². The van der Waals surface area contributed by atoms with Crippen molar-refractivity contribution in [2.24, 2.45) is 0 Å². The summed E-state index contributed by atoms with van der Waals surface area (Å²) in [6, 6.07) is 0. The highest BCUT2D eigenvalue weighted by molar-refractivity contribution is 6.28. The molecular weight excluding hydrogens is 270 g/mol. The van der Waals surface area contributed by atoms with Crippen LogP contribution in [0.3, 0.4) is 0 Å². The molecule has 0 radical (unpaired) electrons. The SMILES string of the molecule is CC(C)(C)OC(=O)N1CCc2cnc(Cl)nc2C1=O. The van der Waals surface area contributed by atoms with Gasteiger partial charge in [0.25, 0.3) is 5.91 Å². The molecule has 0 aromatic carbocycles. The number of imide groups is 1. The van der Waals surface area contributed by atoms with Crippen molar-refractivity contribution in [2.75, 3.05) is 6.54 Å². The Kier molecular flexibility index (Phi) is 3.45. The van der Waals surface area contributed by atoms with Crippen LogP contribution in [-0.4, -0.2) is 39.0 Å². The predicted molar refractivity (Wildman–Crippen MR) is 68.0 cm³/mol. The van der Waals surface area contributed by atoms with Gasteiger partial charge in [0, 0.05) is 18.3 Å². The summed E-state index contributed by atoms with van der Waals surface area (Å²) < 4.78 is 5.18. The van der Waals surface area contributed by atoms with Crippen LogP contribution in [0.25, 0.3) is 0 Å². The molecule has 0 aliphatic carbocycles. The van der Waals surface area contributed by atoms with E-state index in [1.807, 2.05) is 0 Å². The van der Waals surface area contributed by atoms with Crippen LogP contribution < -0.4 is 0 Å². The molecular formula is C12H14ClN3O3. The van der Waals surface area contributed by atoms with E-state index in [1.54, 1.807) is 20.8 Å². The summed E-state index contributed by atoms with van der Waals surface area (Å²) in [4.78, 5) is 32.8. The first kappa shape index (κ1) is 13.7. The second-order valence-corrected chi connectivity index (χ2v) is 5.54. The largest absolute Gasteiger partial charge is 0.443 e. The number of hydrogen-bond donors (Lipinski definition) is 0. The molecule has 0 saturated carbocycles. The summed E-state index contributed by atoms with van der Waals surface area (Å²) in [6.07, 6.45) is 1.34. The van der Waals surface area contributed by atoms with E-state index in [0.29, 0.717) is 12.0 Å². The molecule has 102 valence electrons. The molecule has 0 atom stereocenters. The lowest BCUT2D eigenvalue weighted by Gasteiger charge is -2.28. The Hall–Kier alpha value is -1.69. The van der Waals surface area contributed by atoms with Gasteiger partial charge in [0.1, 0.15) is 11.3 Å². The summed E-state index contributed by atoms with van der Waals surface area (Å²) >= 11 is 5.67. The lowest BCUT2D eigenvalue weighted by molar-refractivity contribution is 0.0231. The molecule has 0 N–H and O–H groups in total. The average molecular weight is 284 g/mol. The van der Waals surface area contributed by atoms with Gasteiger partial charge in [-0.3, -0.25) is 4.79 Å². The van der Waals surface area contributed by atoms with Crippen LogP contribution >= 0.6 is 11.6 Å². The van der Waals surface area contributed by atoms with Crippen LogP contribution in [0.1, 0.15) is 36.8 Å². The first-order chi connectivity index (χ1) is 8.78. The average Bonchev–Trinajstić information content (AvgIpc) is 2.28. The molecule has 1 aliphatic rings. The van der Waals surface area contributed by atoms with Crippen molar-refractivity contribution in [2.45, 2.75) is 32.8 Å². The predicted octanol–water partition coefficient (Wildman–Crippen LogP) is 2.06. The van der Waals surface area contributed by atoms with Crippen LogP contribution in [0.15, 0.2) is 6.20 Å². The highest BCUT2D eigenvalue weighted by atomic mass is 35.5. The van der Waals surface area contributed by atoms with Gasteiger partial charge >= 0.3 is 6.09 Å². The molecule has 2 rings (SSSR count). The molecule has 0 fully saturated rings. The van der Waals surface area contributed by atoms with Gasteiger partial charge in [-0.05, 0) is 38.8 Å². The number of nitrogens with zero attached hydrogens (tertiary/aromatic N) is 3. The molecule has 6 nitrogen and oxygen atoms in total. The van der Waals surface area contributed by atoms with E-state index in [-0.39, 0.29) is 17.5 Å². The molecule has 1 aromatic rings. The van der Waals surface area contributed by atoms with Crippen molar-refractivity contribution >= 4 is 23.6 Å². The van der Waals surface area contributed by atoms with Crippen molar-refractivity contribution in [3.63, 3.8) is 0 Å². The van der Waals surface area contributed by atoms with Crippen molar-refractivity contribution < 1.29 is 14.3 Å². The van der Waals surface area contributed by atoms with Gasteiger partial charge in [0.15, 0.2) is 0 Å². The number of aromatic nitrogens is 2. The second kappa shape index (κ2) is 4.77. The molecule has 2 amide bonds. The Morgan fingerprint density at radius 2 is 2.16 bits per heavy atom. The highest BCUT2D eigenvalue weighted by Crippen LogP contribution is 2.20. The van der Waals surface area contributed by atoms with Crippen LogP contribution in [0.2, 0.25) is 5.28 Å². The third kappa shape index (κ3) is 3.01. The van der Waals surface area contributed by atoms with E-state index in [1.165, 1.54) is 6.20 Å². The maximum absolute atomic E-state index is 12.2. The highest BCUT2D eigenvalue weighted by Gasteiger charge is 2.33. The van der Waals surface area contributed by atoms with Crippen LogP contribution in [0.4, 0.5) is 4.79 Å².